The van der Waals surface area contributed by atoms with Crippen molar-refractivity contribution in [3.8, 4) is 0 Å². The molecule has 2 atom stereocenters. The summed E-state index contributed by atoms with van der Waals surface area (Å²) >= 11 is 0. The third-order valence-electron chi connectivity index (χ3n) is 8.04. The van der Waals surface area contributed by atoms with Gasteiger partial charge in [-0.05, 0) is 39.1 Å². The Bertz CT molecular complexity index is 1080. The van der Waals surface area contributed by atoms with Crippen LogP contribution in [0.15, 0.2) is 91.0 Å². The molecular formula is C33H48O4Si2. The minimum absolute atomic E-state index is 0.0541. The summed E-state index contributed by atoms with van der Waals surface area (Å²) in [7, 11) is -4.82. The van der Waals surface area contributed by atoms with Crippen molar-refractivity contribution in [2.45, 2.75) is 83.5 Å². The molecule has 1 N–H and O–H groups in total. The number of aliphatic hydroxyl groups excluding tert-OH is 1. The molecule has 0 aliphatic rings. The zero-order chi connectivity index (χ0) is 28.7. The molecule has 0 amide bonds. The third-order valence-corrected chi connectivity index (χ3v) is 17.5. The summed E-state index contributed by atoms with van der Waals surface area (Å²) in [5.74, 6) is 0. The molecule has 3 rings (SSSR count). The summed E-state index contributed by atoms with van der Waals surface area (Å²) in [5.41, 5.74) is 1.06. The van der Waals surface area contributed by atoms with Crippen molar-refractivity contribution in [2.24, 2.45) is 0 Å². The summed E-state index contributed by atoms with van der Waals surface area (Å²) < 4.78 is 20.0. The lowest BCUT2D eigenvalue weighted by atomic mass is 10.2. The van der Waals surface area contributed by atoms with Gasteiger partial charge in [-0.15, -0.1) is 0 Å². The van der Waals surface area contributed by atoms with Gasteiger partial charge in [-0.25, -0.2) is 0 Å². The van der Waals surface area contributed by atoms with Crippen LogP contribution in [-0.4, -0.2) is 47.2 Å². The topological polar surface area (TPSA) is 47.9 Å². The molecule has 0 unspecified atom stereocenters. The standard InChI is InChI=1S/C33H48O4Si2/c1-32(2,3)38(7,8)36-25-30(34)31(35-24-27-18-12-9-13-19-27)26-37-39(33(4,5)6,28-20-14-10-15-21-28)29-22-16-11-17-23-29/h9-23,30-31,34H,24-26H2,1-8H3/t30-,31-/m1/s1. The molecule has 0 fully saturated rings. The van der Waals surface area contributed by atoms with Gasteiger partial charge in [0.15, 0.2) is 8.32 Å². The highest BCUT2D eigenvalue weighted by Crippen LogP contribution is 2.38. The lowest BCUT2D eigenvalue weighted by molar-refractivity contribution is -0.0814. The molecule has 3 aromatic carbocycles. The lowest BCUT2D eigenvalue weighted by Gasteiger charge is -2.44. The van der Waals surface area contributed by atoms with E-state index < -0.39 is 28.8 Å². The smallest absolute Gasteiger partial charge is 0.261 e. The normalized spacial score (nSPS) is 14.7. The molecule has 212 valence electrons. The molecule has 0 radical (unpaired) electrons. The largest absolute Gasteiger partial charge is 0.414 e. The first-order valence-electron chi connectivity index (χ1n) is 14.0. The van der Waals surface area contributed by atoms with Crippen molar-refractivity contribution in [3.05, 3.63) is 96.6 Å². The second-order valence-corrected chi connectivity index (χ2v) is 22.1. The van der Waals surface area contributed by atoms with E-state index >= 15 is 0 Å². The van der Waals surface area contributed by atoms with Crippen molar-refractivity contribution in [1.29, 1.82) is 0 Å². The monoisotopic (exact) mass is 564 g/mol. The van der Waals surface area contributed by atoms with Crippen LogP contribution in [0.5, 0.6) is 0 Å². The van der Waals surface area contributed by atoms with Gasteiger partial charge in [0, 0.05) is 0 Å². The SMILES string of the molecule is CC(C)(C)[Si](C)(C)OC[C@@H](O)[C@@H](CO[Si](c1ccccc1)(c1ccccc1)C(C)(C)C)OCc1ccccc1. The Morgan fingerprint density at radius 1 is 0.641 bits per heavy atom. The van der Waals surface area contributed by atoms with Gasteiger partial charge in [0.2, 0.25) is 0 Å². The van der Waals surface area contributed by atoms with Crippen LogP contribution in [0, 0.1) is 0 Å². The average Bonchev–Trinajstić information content (AvgIpc) is 2.89. The Balaban J connectivity index is 1.94. The quantitative estimate of drug-likeness (QED) is 0.254. The molecule has 39 heavy (non-hydrogen) atoms. The molecule has 3 aromatic rings. The molecule has 0 aromatic heterocycles. The molecule has 0 bridgehead atoms. The number of aliphatic hydroxyl groups is 1. The summed E-state index contributed by atoms with van der Waals surface area (Å²) in [6, 6.07) is 31.2. The zero-order valence-corrected chi connectivity index (χ0v) is 27.1. The fourth-order valence-electron chi connectivity index (χ4n) is 4.63. The van der Waals surface area contributed by atoms with Crippen LogP contribution in [0.25, 0.3) is 0 Å². The van der Waals surface area contributed by atoms with E-state index in [9.17, 15) is 5.11 Å². The first-order chi connectivity index (χ1) is 18.3. The van der Waals surface area contributed by atoms with Gasteiger partial charge in [-0.1, -0.05) is 133 Å². The molecule has 4 nitrogen and oxygen atoms in total. The van der Waals surface area contributed by atoms with Crippen LogP contribution in [0.3, 0.4) is 0 Å². The number of benzene rings is 3. The van der Waals surface area contributed by atoms with Gasteiger partial charge in [0.1, 0.15) is 12.2 Å². The zero-order valence-electron chi connectivity index (χ0n) is 25.1. The first-order valence-corrected chi connectivity index (χ1v) is 18.8. The van der Waals surface area contributed by atoms with Crippen molar-refractivity contribution >= 4 is 27.0 Å². The molecule has 0 spiro atoms. The number of hydrogen-bond donors (Lipinski definition) is 1. The predicted octanol–water partition coefficient (Wildman–Crippen LogP) is 6.53. The highest BCUT2D eigenvalue weighted by molar-refractivity contribution is 6.99. The maximum absolute atomic E-state index is 11.5. The minimum Gasteiger partial charge on any atom is -0.414 e. The summed E-state index contributed by atoms with van der Waals surface area (Å²) in [4.78, 5) is 0. The van der Waals surface area contributed by atoms with E-state index in [1.54, 1.807) is 0 Å². The fourth-order valence-corrected chi connectivity index (χ4v) is 10.2. The van der Waals surface area contributed by atoms with Crippen molar-refractivity contribution < 1.29 is 18.7 Å². The van der Waals surface area contributed by atoms with E-state index in [1.807, 2.05) is 42.5 Å². The summed E-state index contributed by atoms with van der Waals surface area (Å²) in [6.45, 7) is 18.7. The van der Waals surface area contributed by atoms with Gasteiger partial charge in [-0.2, -0.15) is 0 Å². The van der Waals surface area contributed by atoms with Crippen molar-refractivity contribution in [1.82, 2.24) is 0 Å². The fraction of sp³-hybridized carbons (Fsp3) is 0.455. The summed E-state index contributed by atoms with van der Waals surface area (Å²) in [5, 5.41) is 13.8. The Morgan fingerprint density at radius 3 is 1.54 bits per heavy atom. The van der Waals surface area contributed by atoms with Gasteiger partial charge in [0.05, 0.1) is 19.8 Å². The van der Waals surface area contributed by atoms with E-state index in [2.05, 4.69) is 103 Å². The second-order valence-electron chi connectivity index (χ2n) is 12.9. The van der Waals surface area contributed by atoms with E-state index in [4.69, 9.17) is 13.6 Å². The Labute approximate surface area is 238 Å². The van der Waals surface area contributed by atoms with E-state index in [0.29, 0.717) is 6.61 Å². The molecule has 0 saturated carbocycles. The average molecular weight is 565 g/mol. The highest BCUT2D eigenvalue weighted by atomic mass is 28.4. The van der Waals surface area contributed by atoms with Gasteiger partial charge < -0.3 is 18.7 Å². The highest BCUT2D eigenvalue weighted by Gasteiger charge is 2.50. The van der Waals surface area contributed by atoms with Crippen LogP contribution >= 0.6 is 0 Å². The number of ether oxygens (including phenoxy) is 1. The van der Waals surface area contributed by atoms with E-state index in [1.165, 1.54) is 10.4 Å². The van der Waals surface area contributed by atoms with E-state index in [-0.39, 0.29) is 23.3 Å². The number of hydrogen-bond acceptors (Lipinski definition) is 4. The molecule has 0 aliphatic carbocycles. The van der Waals surface area contributed by atoms with Crippen LogP contribution in [-0.2, 0) is 20.2 Å². The Morgan fingerprint density at radius 2 is 1.10 bits per heavy atom. The molecule has 0 saturated heterocycles. The van der Waals surface area contributed by atoms with E-state index in [0.717, 1.165) is 5.56 Å². The van der Waals surface area contributed by atoms with Gasteiger partial charge >= 0.3 is 0 Å². The maximum Gasteiger partial charge on any atom is 0.261 e. The second kappa shape index (κ2) is 13.1. The minimum atomic E-state index is -2.78. The van der Waals surface area contributed by atoms with Gasteiger partial charge in [-0.3, -0.25) is 0 Å². The molecular weight excluding hydrogens is 517 g/mol. The maximum atomic E-state index is 11.5. The van der Waals surface area contributed by atoms with Gasteiger partial charge in [0.25, 0.3) is 8.32 Å². The third kappa shape index (κ3) is 7.78. The van der Waals surface area contributed by atoms with Crippen molar-refractivity contribution in [3.63, 3.8) is 0 Å². The van der Waals surface area contributed by atoms with Crippen LogP contribution < -0.4 is 10.4 Å². The van der Waals surface area contributed by atoms with Crippen molar-refractivity contribution in [2.75, 3.05) is 13.2 Å². The molecule has 0 heterocycles. The van der Waals surface area contributed by atoms with Crippen LogP contribution in [0.2, 0.25) is 23.2 Å². The van der Waals surface area contributed by atoms with Crippen LogP contribution in [0.4, 0.5) is 0 Å². The number of rotatable bonds is 12. The predicted molar refractivity (Wildman–Crippen MR) is 168 cm³/mol. The Hall–Kier alpha value is -2.07. The van der Waals surface area contributed by atoms with Crippen LogP contribution in [0.1, 0.15) is 47.1 Å². The Kier molecular flexibility index (Phi) is 10.5. The first kappa shape index (κ1) is 31.5. The lowest BCUT2D eigenvalue weighted by Crippen LogP contribution is -2.67. The molecule has 6 heteroatoms. The molecule has 0 aliphatic heterocycles. The summed E-state index contributed by atoms with van der Waals surface area (Å²) in [6.07, 6.45) is -1.36.